The van der Waals surface area contributed by atoms with Crippen LogP contribution in [-0.2, 0) is 0 Å². The van der Waals surface area contributed by atoms with E-state index in [1.165, 1.54) is 148 Å². The SMILES string of the molecule is CCCCCCCCCCCCN(CCCCO)CCCCCCCCCCCC. The van der Waals surface area contributed by atoms with Crippen LogP contribution in [0.2, 0.25) is 0 Å². The predicted molar refractivity (Wildman–Crippen MR) is 136 cm³/mol. The lowest BCUT2D eigenvalue weighted by Gasteiger charge is -2.22. The molecule has 0 fully saturated rings. The van der Waals surface area contributed by atoms with E-state index in [4.69, 9.17) is 5.11 Å². The van der Waals surface area contributed by atoms with E-state index in [9.17, 15) is 0 Å². The lowest BCUT2D eigenvalue weighted by atomic mass is 10.1. The second kappa shape index (κ2) is 27.0. The van der Waals surface area contributed by atoms with Gasteiger partial charge in [0.2, 0.25) is 0 Å². The van der Waals surface area contributed by atoms with Crippen LogP contribution in [0, 0.1) is 0 Å². The molecule has 0 saturated heterocycles. The minimum atomic E-state index is 0.352. The molecule has 2 nitrogen and oxygen atoms in total. The second-order valence-electron chi connectivity index (χ2n) is 9.64. The fourth-order valence-corrected chi connectivity index (χ4v) is 4.43. The maximum absolute atomic E-state index is 9.09. The summed E-state index contributed by atoms with van der Waals surface area (Å²) in [6.45, 7) is 8.69. The number of aliphatic hydroxyl groups is 1. The van der Waals surface area contributed by atoms with Gasteiger partial charge in [0.15, 0.2) is 0 Å². The Kier molecular flexibility index (Phi) is 26.9. The molecule has 0 radical (unpaired) electrons. The van der Waals surface area contributed by atoms with Gasteiger partial charge < -0.3 is 10.0 Å². The Hall–Kier alpha value is -0.0800. The number of nitrogens with zero attached hydrogens (tertiary/aromatic N) is 1. The maximum atomic E-state index is 9.09. The third-order valence-corrected chi connectivity index (χ3v) is 6.54. The molecule has 0 aliphatic heterocycles. The Morgan fingerprint density at radius 3 is 0.933 bits per heavy atom. The molecule has 0 atom stereocenters. The molecular formula is C28H59NO. The van der Waals surface area contributed by atoms with E-state index in [1.807, 2.05) is 0 Å². The van der Waals surface area contributed by atoms with Crippen molar-refractivity contribution in [3.8, 4) is 0 Å². The van der Waals surface area contributed by atoms with Gasteiger partial charge in [0.1, 0.15) is 0 Å². The Labute approximate surface area is 191 Å². The first-order valence-electron chi connectivity index (χ1n) is 14.2. The first kappa shape index (κ1) is 29.9. The molecule has 0 spiro atoms. The lowest BCUT2D eigenvalue weighted by Crippen LogP contribution is -2.27. The Morgan fingerprint density at radius 1 is 0.367 bits per heavy atom. The van der Waals surface area contributed by atoms with Crippen LogP contribution in [0.15, 0.2) is 0 Å². The Balaban J connectivity index is 3.61. The molecule has 0 unspecified atom stereocenters. The van der Waals surface area contributed by atoms with E-state index in [-0.39, 0.29) is 0 Å². The van der Waals surface area contributed by atoms with Gasteiger partial charge in [-0.25, -0.2) is 0 Å². The van der Waals surface area contributed by atoms with Crippen molar-refractivity contribution >= 4 is 0 Å². The molecule has 0 heterocycles. The van der Waals surface area contributed by atoms with Gasteiger partial charge in [-0.3, -0.25) is 0 Å². The molecule has 0 amide bonds. The molecule has 0 saturated carbocycles. The van der Waals surface area contributed by atoms with Gasteiger partial charge in [-0.05, 0) is 45.3 Å². The highest BCUT2D eigenvalue weighted by molar-refractivity contribution is 4.60. The van der Waals surface area contributed by atoms with E-state index in [1.54, 1.807) is 0 Å². The first-order valence-corrected chi connectivity index (χ1v) is 14.2. The highest BCUT2D eigenvalue weighted by Crippen LogP contribution is 2.13. The minimum absolute atomic E-state index is 0.352. The fraction of sp³-hybridized carbons (Fsp3) is 1.00. The molecule has 182 valence electrons. The van der Waals surface area contributed by atoms with Gasteiger partial charge in [0.05, 0.1) is 0 Å². The summed E-state index contributed by atoms with van der Waals surface area (Å²) in [7, 11) is 0. The highest BCUT2D eigenvalue weighted by atomic mass is 16.2. The average molecular weight is 426 g/mol. The van der Waals surface area contributed by atoms with E-state index >= 15 is 0 Å². The van der Waals surface area contributed by atoms with Crippen LogP contribution in [0.25, 0.3) is 0 Å². The van der Waals surface area contributed by atoms with Gasteiger partial charge >= 0.3 is 0 Å². The molecule has 1 N–H and O–H groups in total. The monoisotopic (exact) mass is 425 g/mol. The van der Waals surface area contributed by atoms with E-state index in [0.717, 1.165) is 12.8 Å². The largest absolute Gasteiger partial charge is 0.396 e. The quantitative estimate of drug-likeness (QED) is 0.140. The smallest absolute Gasteiger partial charge is 0.0431 e. The van der Waals surface area contributed by atoms with Gasteiger partial charge in [-0.2, -0.15) is 0 Å². The summed E-state index contributed by atoms with van der Waals surface area (Å²) in [6.07, 6.45) is 30.5. The third-order valence-electron chi connectivity index (χ3n) is 6.54. The topological polar surface area (TPSA) is 23.5 Å². The highest BCUT2D eigenvalue weighted by Gasteiger charge is 2.05. The molecule has 2 heteroatoms. The fourth-order valence-electron chi connectivity index (χ4n) is 4.43. The zero-order valence-electron chi connectivity index (χ0n) is 21.3. The number of hydrogen-bond acceptors (Lipinski definition) is 2. The van der Waals surface area contributed by atoms with Crippen molar-refractivity contribution in [1.29, 1.82) is 0 Å². The van der Waals surface area contributed by atoms with E-state index in [2.05, 4.69) is 18.7 Å². The number of aliphatic hydroxyl groups excluding tert-OH is 1. The maximum Gasteiger partial charge on any atom is 0.0431 e. The normalized spacial score (nSPS) is 11.6. The summed E-state index contributed by atoms with van der Waals surface area (Å²) in [5.41, 5.74) is 0. The zero-order valence-corrected chi connectivity index (χ0v) is 21.3. The van der Waals surface area contributed by atoms with Gasteiger partial charge in [0, 0.05) is 6.61 Å². The van der Waals surface area contributed by atoms with Crippen LogP contribution in [0.3, 0.4) is 0 Å². The second-order valence-corrected chi connectivity index (χ2v) is 9.64. The van der Waals surface area contributed by atoms with Crippen molar-refractivity contribution < 1.29 is 5.11 Å². The van der Waals surface area contributed by atoms with Gasteiger partial charge in [0.25, 0.3) is 0 Å². The van der Waals surface area contributed by atoms with Crippen LogP contribution in [0.4, 0.5) is 0 Å². The van der Waals surface area contributed by atoms with Crippen molar-refractivity contribution in [3.05, 3.63) is 0 Å². The summed E-state index contributed by atoms with van der Waals surface area (Å²) >= 11 is 0. The molecule has 0 rings (SSSR count). The predicted octanol–water partition coefficient (Wildman–Crippen LogP) is 8.90. The number of rotatable bonds is 26. The summed E-state index contributed by atoms with van der Waals surface area (Å²) in [5, 5.41) is 9.09. The van der Waals surface area contributed by atoms with Crippen LogP contribution >= 0.6 is 0 Å². The summed E-state index contributed by atoms with van der Waals surface area (Å²) in [6, 6.07) is 0. The molecule has 0 aromatic heterocycles. The molecule has 0 aliphatic rings. The van der Waals surface area contributed by atoms with Gasteiger partial charge in [-0.15, -0.1) is 0 Å². The molecule has 0 aromatic rings. The first-order chi connectivity index (χ1) is 14.8. The minimum Gasteiger partial charge on any atom is -0.396 e. The third kappa shape index (κ3) is 24.2. The average Bonchev–Trinajstić information content (AvgIpc) is 2.76. The van der Waals surface area contributed by atoms with E-state index in [0.29, 0.717) is 6.61 Å². The van der Waals surface area contributed by atoms with Crippen LogP contribution in [0.1, 0.15) is 155 Å². The van der Waals surface area contributed by atoms with E-state index < -0.39 is 0 Å². The Bertz CT molecular complexity index is 270. The van der Waals surface area contributed by atoms with Crippen LogP contribution in [0.5, 0.6) is 0 Å². The molecule has 0 aromatic carbocycles. The molecule has 0 bridgehead atoms. The lowest BCUT2D eigenvalue weighted by molar-refractivity contribution is 0.234. The van der Waals surface area contributed by atoms with Crippen molar-refractivity contribution in [2.45, 2.75) is 155 Å². The van der Waals surface area contributed by atoms with Crippen molar-refractivity contribution in [3.63, 3.8) is 0 Å². The number of hydrogen-bond donors (Lipinski definition) is 1. The molecular weight excluding hydrogens is 366 g/mol. The van der Waals surface area contributed by atoms with Gasteiger partial charge in [-0.1, -0.05) is 129 Å². The summed E-state index contributed by atoms with van der Waals surface area (Å²) < 4.78 is 0. The van der Waals surface area contributed by atoms with Crippen LogP contribution < -0.4 is 0 Å². The number of unbranched alkanes of at least 4 members (excludes halogenated alkanes) is 19. The summed E-state index contributed by atoms with van der Waals surface area (Å²) in [5.74, 6) is 0. The summed E-state index contributed by atoms with van der Waals surface area (Å²) in [4.78, 5) is 2.69. The van der Waals surface area contributed by atoms with Crippen molar-refractivity contribution in [2.24, 2.45) is 0 Å². The Morgan fingerprint density at radius 2 is 0.633 bits per heavy atom. The molecule has 0 aliphatic carbocycles. The van der Waals surface area contributed by atoms with Crippen molar-refractivity contribution in [2.75, 3.05) is 26.2 Å². The van der Waals surface area contributed by atoms with Crippen molar-refractivity contribution in [1.82, 2.24) is 4.90 Å². The molecule has 30 heavy (non-hydrogen) atoms. The zero-order chi connectivity index (χ0) is 22.0. The standard InChI is InChI=1S/C28H59NO/c1-3-5-7-9-11-13-15-17-19-21-25-29(27-23-24-28-30)26-22-20-18-16-14-12-10-8-6-4-2/h30H,3-28H2,1-2H3. The van der Waals surface area contributed by atoms with Crippen LogP contribution in [-0.4, -0.2) is 36.2 Å².